The molecule has 1 atom stereocenters. The van der Waals surface area contributed by atoms with Crippen molar-refractivity contribution >= 4 is 40.1 Å². The van der Waals surface area contributed by atoms with Crippen molar-refractivity contribution in [2.45, 2.75) is 37.9 Å². The molecular formula is C28H29F3IN5O3. The number of aromatic nitrogens is 2. The highest BCUT2D eigenvalue weighted by Crippen LogP contribution is 2.38. The van der Waals surface area contributed by atoms with Crippen molar-refractivity contribution in [1.82, 2.24) is 20.0 Å². The molecular weight excluding hydrogens is 638 g/mol. The molecule has 0 radical (unpaired) electrons. The molecule has 5 rings (SSSR count). The van der Waals surface area contributed by atoms with Gasteiger partial charge in [0.25, 0.3) is 11.8 Å². The monoisotopic (exact) mass is 667 g/mol. The molecule has 2 aliphatic rings. The summed E-state index contributed by atoms with van der Waals surface area (Å²) >= 11 is 2.14. The number of nitrogens with zero attached hydrogens (tertiary/aromatic N) is 4. The summed E-state index contributed by atoms with van der Waals surface area (Å²) in [6, 6.07) is 12.0. The van der Waals surface area contributed by atoms with Crippen molar-refractivity contribution in [1.29, 1.82) is 0 Å². The summed E-state index contributed by atoms with van der Waals surface area (Å²) in [6.45, 7) is 1.49. The molecule has 1 saturated heterocycles. The summed E-state index contributed by atoms with van der Waals surface area (Å²) in [5, 5.41) is 6.79. The Hall–Kier alpha value is -3.13. The first-order valence-electron chi connectivity index (χ1n) is 13.0. The fraction of sp³-hybridized carbons (Fsp3) is 0.393. The number of anilines is 1. The number of fused-ring (bicyclic) bond motifs is 1. The Morgan fingerprint density at radius 2 is 1.93 bits per heavy atom. The van der Waals surface area contributed by atoms with Gasteiger partial charge in [0.05, 0.1) is 18.4 Å². The van der Waals surface area contributed by atoms with E-state index in [1.165, 1.54) is 30.2 Å². The number of carbonyl (C=O) groups is 2. The third-order valence-electron chi connectivity index (χ3n) is 7.53. The average molecular weight is 667 g/mol. The number of benzene rings is 2. The highest BCUT2D eigenvalue weighted by molar-refractivity contribution is 14.1. The summed E-state index contributed by atoms with van der Waals surface area (Å²) < 4.78 is 49.6. The molecule has 0 spiro atoms. The van der Waals surface area contributed by atoms with Crippen molar-refractivity contribution in [2.24, 2.45) is 0 Å². The predicted molar refractivity (Wildman–Crippen MR) is 152 cm³/mol. The minimum Gasteiger partial charge on any atom is -0.497 e. The summed E-state index contributed by atoms with van der Waals surface area (Å²) in [4.78, 5) is 30.8. The van der Waals surface area contributed by atoms with E-state index in [4.69, 9.17) is 4.74 Å². The molecule has 0 saturated carbocycles. The van der Waals surface area contributed by atoms with Crippen LogP contribution in [0, 0.1) is 3.57 Å². The Balaban J connectivity index is 1.54. The van der Waals surface area contributed by atoms with E-state index in [1.54, 1.807) is 12.1 Å². The van der Waals surface area contributed by atoms with Crippen LogP contribution in [0.5, 0.6) is 5.75 Å². The number of hydrogen-bond acceptors (Lipinski definition) is 5. The zero-order chi connectivity index (χ0) is 28.6. The van der Waals surface area contributed by atoms with Gasteiger partial charge in [0.15, 0.2) is 5.69 Å². The minimum atomic E-state index is -4.77. The van der Waals surface area contributed by atoms with Gasteiger partial charge in [-0.2, -0.15) is 18.3 Å². The number of halogens is 4. The number of amides is 2. The zero-order valence-electron chi connectivity index (χ0n) is 22.1. The van der Waals surface area contributed by atoms with E-state index in [-0.39, 0.29) is 35.5 Å². The fourth-order valence-corrected chi connectivity index (χ4v) is 5.79. The Morgan fingerprint density at radius 1 is 1.18 bits per heavy atom. The third kappa shape index (κ3) is 5.55. The van der Waals surface area contributed by atoms with E-state index >= 15 is 0 Å². The number of alkyl halides is 3. The van der Waals surface area contributed by atoms with Gasteiger partial charge >= 0.3 is 6.18 Å². The number of carbonyl (C=O) groups excluding carboxylic acids is 2. The number of hydrogen-bond donors (Lipinski definition) is 1. The number of methoxy groups -OCH3 is 1. The number of nitrogens with one attached hydrogen (secondary N) is 1. The molecule has 1 fully saturated rings. The van der Waals surface area contributed by atoms with Crippen LogP contribution in [0.15, 0.2) is 42.5 Å². The molecule has 8 nitrogen and oxygen atoms in total. The fourth-order valence-electron chi connectivity index (χ4n) is 5.43. The van der Waals surface area contributed by atoms with Crippen LogP contribution in [0.4, 0.5) is 18.9 Å². The molecule has 0 bridgehead atoms. The van der Waals surface area contributed by atoms with E-state index in [0.717, 1.165) is 34.1 Å². The maximum Gasteiger partial charge on any atom is 0.435 e. The molecule has 212 valence electrons. The number of ether oxygens (including phenoxy) is 1. The van der Waals surface area contributed by atoms with Crippen molar-refractivity contribution in [2.75, 3.05) is 38.7 Å². The lowest BCUT2D eigenvalue weighted by atomic mass is 10.0. The molecule has 2 aliphatic heterocycles. The van der Waals surface area contributed by atoms with E-state index in [0.29, 0.717) is 24.0 Å². The zero-order valence-corrected chi connectivity index (χ0v) is 24.3. The number of likely N-dealkylation sites (tertiary alicyclic amines) is 1. The van der Waals surface area contributed by atoms with Gasteiger partial charge in [-0.1, -0.05) is 0 Å². The van der Waals surface area contributed by atoms with E-state index in [1.807, 2.05) is 12.1 Å². The standard InChI is InChI=1S/C28H29F3IN5O3/c1-35-14-3-4-18(35)11-13-33-26(38)22-16-20(40-2)9-10-23(22)37-24-21(25(34-37)28(29,30)31)12-15-36(27(24)39)19-7-5-17(32)6-8-19/h5-10,16,18H,3-4,11-15H2,1-2H3,(H,33,38). The van der Waals surface area contributed by atoms with E-state index < -0.39 is 23.7 Å². The van der Waals surface area contributed by atoms with Gasteiger partial charge in [-0.15, -0.1) is 0 Å². The Kier molecular flexibility index (Phi) is 8.09. The summed E-state index contributed by atoms with van der Waals surface area (Å²) in [5.74, 6) is -0.740. The van der Waals surface area contributed by atoms with Crippen LogP contribution in [0.1, 0.15) is 51.4 Å². The maximum absolute atomic E-state index is 14.1. The van der Waals surface area contributed by atoms with Gasteiger partial charge < -0.3 is 19.9 Å². The second-order valence-corrected chi connectivity index (χ2v) is 11.2. The van der Waals surface area contributed by atoms with Crippen LogP contribution in [0.3, 0.4) is 0 Å². The van der Waals surface area contributed by atoms with Gasteiger partial charge in [-0.3, -0.25) is 9.59 Å². The molecule has 1 unspecified atom stereocenters. The summed E-state index contributed by atoms with van der Waals surface area (Å²) in [6.07, 6.45) is -1.90. The molecule has 0 aliphatic carbocycles. The van der Waals surface area contributed by atoms with Crippen LogP contribution in [-0.2, 0) is 12.6 Å². The Morgan fingerprint density at radius 3 is 2.58 bits per heavy atom. The second kappa shape index (κ2) is 11.4. The minimum absolute atomic E-state index is 0.0332. The van der Waals surface area contributed by atoms with Gasteiger partial charge in [-0.05, 0) is 104 Å². The number of rotatable bonds is 7. The van der Waals surface area contributed by atoms with Crippen molar-refractivity contribution in [3.8, 4) is 11.4 Å². The molecule has 12 heteroatoms. The van der Waals surface area contributed by atoms with Crippen LogP contribution in [-0.4, -0.2) is 66.3 Å². The molecule has 1 N–H and O–H groups in total. The Bertz CT molecular complexity index is 1420. The molecule has 40 heavy (non-hydrogen) atoms. The highest BCUT2D eigenvalue weighted by Gasteiger charge is 2.43. The molecule has 2 amide bonds. The second-order valence-electron chi connectivity index (χ2n) is 9.97. The van der Waals surface area contributed by atoms with Crippen LogP contribution in [0.2, 0.25) is 0 Å². The van der Waals surface area contributed by atoms with Gasteiger partial charge in [0, 0.05) is 34.0 Å². The normalized spacial score (nSPS) is 17.7. The first-order chi connectivity index (χ1) is 19.1. The third-order valence-corrected chi connectivity index (χ3v) is 8.25. The average Bonchev–Trinajstić information content (AvgIpc) is 3.53. The van der Waals surface area contributed by atoms with E-state index in [9.17, 15) is 22.8 Å². The topological polar surface area (TPSA) is 79.7 Å². The highest BCUT2D eigenvalue weighted by atomic mass is 127. The van der Waals surface area contributed by atoms with Gasteiger partial charge in [-0.25, -0.2) is 4.68 Å². The van der Waals surface area contributed by atoms with Crippen LogP contribution >= 0.6 is 22.6 Å². The van der Waals surface area contributed by atoms with Crippen molar-refractivity contribution in [3.63, 3.8) is 0 Å². The largest absolute Gasteiger partial charge is 0.497 e. The lowest BCUT2D eigenvalue weighted by Gasteiger charge is -2.28. The van der Waals surface area contributed by atoms with Crippen LogP contribution in [0.25, 0.3) is 5.69 Å². The molecule has 2 aromatic carbocycles. The lowest BCUT2D eigenvalue weighted by molar-refractivity contribution is -0.141. The van der Waals surface area contributed by atoms with E-state index in [2.05, 4.69) is 45.0 Å². The molecule has 3 heterocycles. The van der Waals surface area contributed by atoms with Gasteiger partial charge in [0.2, 0.25) is 0 Å². The molecule has 1 aromatic heterocycles. The summed E-state index contributed by atoms with van der Waals surface area (Å²) in [5.41, 5.74) is -0.792. The quantitative estimate of drug-likeness (QED) is 0.362. The van der Waals surface area contributed by atoms with Crippen LogP contribution < -0.4 is 15.0 Å². The van der Waals surface area contributed by atoms with Crippen molar-refractivity contribution in [3.05, 3.63) is 68.5 Å². The first-order valence-corrected chi connectivity index (χ1v) is 14.1. The predicted octanol–water partition coefficient (Wildman–Crippen LogP) is 4.92. The molecule has 3 aromatic rings. The Labute approximate surface area is 243 Å². The van der Waals surface area contributed by atoms with Gasteiger partial charge in [0.1, 0.15) is 11.4 Å². The van der Waals surface area contributed by atoms with Crippen molar-refractivity contribution < 1.29 is 27.5 Å². The smallest absolute Gasteiger partial charge is 0.435 e. The SMILES string of the molecule is COc1ccc(-n2nc(C(F)(F)F)c3c2C(=O)N(c2ccc(I)cc2)CC3)c(C(=O)NCCC2CCCN2C)c1. The summed E-state index contributed by atoms with van der Waals surface area (Å²) in [7, 11) is 3.49. The first kappa shape index (κ1) is 28.4. The maximum atomic E-state index is 14.1. The lowest BCUT2D eigenvalue weighted by Crippen LogP contribution is -2.39.